The Morgan fingerprint density at radius 3 is 2.80 bits per heavy atom. The van der Waals surface area contributed by atoms with E-state index in [1.165, 1.54) is 6.33 Å². The number of nitrogens with two attached hydrogens (primary N) is 1. The molecule has 2 aromatic heterocycles. The molecule has 0 aliphatic heterocycles. The van der Waals surface area contributed by atoms with Crippen LogP contribution in [0.25, 0.3) is 11.2 Å². The fourth-order valence-corrected chi connectivity index (χ4v) is 2.01. The van der Waals surface area contributed by atoms with Gasteiger partial charge in [0.25, 0.3) is 0 Å². The Hall–Kier alpha value is -2.47. The van der Waals surface area contributed by atoms with Crippen LogP contribution in [0.2, 0.25) is 0 Å². The van der Waals surface area contributed by atoms with Crippen LogP contribution >= 0.6 is 0 Å². The Labute approximate surface area is 116 Å². The number of benzene rings is 1. The van der Waals surface area contributed by atoms with Crippen LogP contribution in [0.3, 0.4) is 0 Å². The zero-order valence-corrected chi connectivity index (χ0v) is 11.1. The summed E-state index contributed by atoms with van der Waals surface area (Å²) in [5.41, 5.74) is 8.16. The largest absolute Gasteiger partial charge is 0.382 e. The second-order valence-electron chi connectivity index (χ2n) is 4.49. The van der Waals surface area contributed by atoms with Crippen molar-refractivity contribution in [2.75, 3.05) is 5.73 Å². The number of aromatic nitrogens is 4. The number of fused-ring (bicyclic) bond motifs is 1. The Kier molecular flexibility index (Phi) is 3.30. The van der Waals surface area contributed by atoms with Gasteiger partial charge in [-0.05, 0) is 12.5 Å². The van der Waals surface area contributed by atoms with E-state index in [1.807, 2.05) is 41.8 Å². The monoisotopic (exact) mass is 269 g/mol. The van der Waals surface area contributed by atoms with Crippen molar-refractivity contribution >= 4 is 17.0 Å². The molecule has 0 saturated heterocycles. The second-order valence-corrected chi connectivity index (χ2v) is 4.49. The van der Waals surface area contributed by atoms with Crippen LogP contribution in [0, 0.1) is 0 Å². The van der Waals surface area contributed by atoms with Crippen LogP contribution in [0.15, 0.2) is 43.0 Å². The fraction of sp³-hybridized carbons (Fsp3) is 0.214. The summed E-state index contributed by atoms with van der Waals surface area (Å²) < 4.78 is 7.65. The summed E-state index contributed by atoms with van der Waals surface area (Å²) in [6, 6.07) is 10.1. The van der Waals surface area contributed by atoms with Crippen molar-refractivity contribution in [3.63, 3.8) is 0 Å². The minimum absolute atomic E-state index is 0.00664. The van der Waals surface area contributed by atoms with E-state index < -0.39 is 0 Å². The van der Waals surface area contributed by atoms with Gasteiger partial charge < -0.3 is 10.5 Å². The second kappa shape index (κ2) is 5.26. The third-order valence-corrected chi connectivity index (χ3v) is 3.16. The van der Waals surface area contributed by atoms with E-state index in [4.69, 9.17) is 10.5 Å². The first-order chi connectivity index (χ1) is 9.75. The van der Waals surface area contributed by atoms with Gasteiger partial charge in [0.15, 0.2) is 11.5 Å². The molecule has 2 heterocycles. The highest BCUT2D eigenvalue weighted by atomic mass is 16.5. The minimum Gasteiger partial charge on any atom is -0.382 e. The highest BCUT2D eigenvalue weighted by Crippen LogP contribution is 2.19. The van der Waals surface area contributed by atoms with Crippen molar-refractivity contribution in [1.29, 1.82) is 0 Å². The average Bonchev–Trinajstić information content (AvgIpc) is 2.90. The highest BCUT2D eigenvalue weighted by molar-refractivity contribution is 5.80. The zero-order valence-electron chi connectivity index (χ0n) is 11.1. The number of ether oxygens (including phenoxy) is 1. The minimum atomic E-state index is -0.00664. The smallest absolute Gasteiger partial charge is 0.167 e. The Bertz CT molecular complexity index is 710. The van der Waals surface area contributed by atoms with Gasteiger partial charge in [-0.3, -0.25) is 4.57 Å². The van der Waals surface area contributed by atoms with Gasteiger partial charge in [0.1, 0.15) is 18.6 Å². The first kappa shape index (κ1) is 12.6. The number of anilines is 1. The number of hydrogen-bond acceptors (Lipinski definition) is 5. The summed E-state index contributed by atoms with van der Waals surface area (Å²) in [5, 5.41) is 0. The van der Waals surface area contributed by atoms with Crippen LogP contribution in [-0.2, 0) is 11.5 Å². The zero-order chi connectivity index (χ0) is 13.9. The van der Waals surface area contributed by atoms with Crippen molar-refractivity contribution < 1.29 is 4.74 Å². The molecule has 0 amide bonds. The van der Waals surface area contributed by atoms with E-state index in [1.54, 1.807) is 6.33 Å². The predicted molar refractivity (Wildman–Crippen MR) is 75.7 cm³/mol. The molecule has 0 aliphatic carbocycles. The molecule has 0 unspecified atom stereocenters. The molecule has 0 aliphatic rings. The normalized spacial score (nSPS) is 12.7. The summed E-state index contributed by atoms with van der Waals surface area (Å²) >= 11 is 0. The van der Waals surface area contributed by atoms with Crippen molar-refractivity contribution in [3.8, 4) is 0 Å². The summed E-state index contributed by atoms with van der Waals surface area (Å²) in [4.78, 5) is 12.3. The van der Waals surface area contributed by atoms with Crippen molar-refractivity contribution in [1.82, 2.24) is 19.5 Å². The van der Waals surface area contributed by atoms with E-state index in [2.05, 4.69) is 15.0 Å². The molecular formula is C14H15N5O. The molecular weight excluding hydrogens is 254 g/mol. The van der Waals surface area contributed by atoms with Crippen LogP contribution in [0.4, 0.5) is 5.82 Å². The molecule has 0 fully saturated rings. The molecule has 0 saturated carbocycles. The van der Waals surface area contributed by atoms with Crippen molar-refractivity contribution in [2.45, 2.75) is 19.8 Å². The number of rotatable bonds is 4. The lowest BCUT2D eigenvalue weighted by molar-refractivity contribution is 0.0184. The molecule has 0 spiro atoms. The van der Waals surface area contributed by atoms with Gasteiger partial charge >= 0.3 is 0 Å². The molecule has 20 heavy (non-hydrogen) atoms. The lowest BCUT2D eigenvalue weighted by atomic mass is 10.1. The molecule has 3 rings (SSSR count). The number of imidazole rings is 1. The molecule has 6 heteroatoms. The van der Waals surface area contributed by atoms with Gasteiger partial charge in [-0.15, -0.1) is 0 Å². The Balaban J connectivity index is 1.76. The Morgan fingerprint density at radius 1 is 1.20 bits per heavy atom. The van der Waals surface area contributed by atoms with Crippen molar-refractivity contribution in [3.05, 3.63) is 48.5 Å². The van der Waals surface area contributed by atoms with Gasteiger partial charge in [0, 0.05) is 0 Å². The Morgan fingerprint density at radius 2 is 2.00 bits per heavy atom. The average molecular weight is 269 g/mol. The summed E-state index contributed by atoms with van der Waals surface area (Å²) in [6.45, 7) is 2.38. The maximum Gasteiger partial charge on any atom is 0.167 e. The molecule has 6 nitrogen and oxygen atoms in total. The third-order valence-electron chi connectivity index (χ3n) is 3.16. The fourth-order valence-electron chi connectivity index (χ4n) is 2.01. The SMILES string of the molecule is C[C@H](OCn1cnc2c(N)ncnc21)c1ccccc1. The standard InChI is InChI=1S/C14H15N5O/c1-10(11-5-3-2-4-6-11)20-9-19-8-18-12-13(15)16-7-17-14(12)19/h2-8,10H,9H2,1H3,(H2,15,16,17)/t10-/m0/s1. The van der Waals surface area contributed by atoms with Gasteiger partial charge in [-0.2, -0.15) is 0 Å². The lowest BCUT2D eigenvalue weighted by Crippen LogP contribution is -2.06. The molecule has 0 bridgehead atoms. The first-order valence-electron chi connectivity index (χ1n) is 6.33. The third kappa shape index (κ3) is 2.33. The van der Waals surface area contributed by atoms with E-state index in [9.17, 15) is 0 Å². The quantitative estimate of drug-likeness (QED) is 0.785. The maximum absolute atomic E-state index is 5.84. The molecule has 1 atom stereocenters. The van der Waals surface area contributed by atoms with Gasteiger partial charge in [0.05, 0.1) is 12.4 Å². The van der Waals surface area contributed by atoms with Gasteiger partial charge in [0.2, 0.25) is 0 Å². The number of hydrogen-bond donors (Lipinski definition) is 1. The summed E-state index contributed by atoms with van der Waals surface area (Å²) in [6.07, 6.45) is 3.08. The van der Waals surface area contributed by atoms with Gasteiger partial charge in [-0.25, -0.2) is 15.0 Å². The predicted octanol–water partition coefficient (Wildman–Crippen LogP) is 2.14. The topological polar surface area (TPSA) is 78.9 Å². The number of nitrogen functional groups attached to an aromatic ring is 1. The van der Waals surface area contributed by atoms with Crippen LogP contribution in [0.5, 0.6) is 0 Å². The van der Waals surface area contributed by atoms with E-state index in [-0.39, 0.29) is 6.10 Å². The maximum atomic E-state index is 5.84. The molecule has 102 valence electrons. The molecule has 2 N–H and O–H groups in total. The van der Waals surface area contributed by atoms with E-state index in [0.29, 0.717) is 23.7 Å². The van der Waals surface area contributed by atoms with E-state index in [0.717, 1.165) is 5.56 Å². The first-order valence-corrected chi connectivity index (χ1v) is 6.33. The number of nitrogens with zero attached hydrogens (tertiary/aromatic N) is 4. The van der Waals surface area contributed by atoms with Crippen LogP contribution in [-0.4, -0.2) is 19.5 Å². The van der Waals surface area contributed by atoms with E-state index >= 15 is 0 Å². The molecule has 3 aromatic rings. The lowest BCUT2D eigenvalue weighted by Gasteiger charge is -2.13. The van der Waals surface area contributed by atoms with Crippen molar-refractivity contribution in [2.24, 2.45) is 0 Å². The molecule has 1 aromatic carbocycles. The van der Waals surface area contributed by atoms with Gasteiger partial charge in [-0.1, -0.05) is 30.3 Å². The summed E-state index contributed by atoms with van der Waals surface area (Å²) in [5.74, 6) is 0.379. The van der Waals surface area contributed by atoms with Crippen LogP contribution in [0.1, 0.15) is 18.6 Å². The summed E-state index contributed by atoms with van der Waals surface area (Å²) in [7, 11) is 0. The highest BCUT2D eigenvalue weighted by Gasteiger charge is 2.10. The van der Waals surface area contributed by atoms with Crippen LogP contribution < -0.4 is 5.73 Å². The molecule has 0 radical (unpaired) electrons.